The summed E-state index contributed by atoms with van der Waals surface area (Å²) in [5, 5.41) is 21.1. The minimum Gasteiger partial charge on any atom is -0.507 e. The van der Waals surface area contributed by atoms with E-state index in [4.69, 9.17) is 9.98 Å². The summed E-state index contributed by atoms with van der Waals surface area (Å²) in [6, 6.07) is 8.33. The molecule has 1 saturated carbocycles. The lowest BCUT2D eigenvalue weighted by molar-refractivity contribution is 0.390. The van der Waals surface area contributed by atoms with Crippen molar-refractivity contribution in [3.63, 3.8) is 0 Å². The van der Waals surface area contributed by atoms with Gasteiger partial charge in [0, 0.05) is 23.6 Å². The number of phenolic OH excluding ortho intramolecular Hbond substituents is 2. The van der Waals surface area contributed by atoms with E-state index in [1.54, 1.807) is 0 Å². The average Bonchev–Trinajstić information content (AvgIpc) is 2.75. The van der Waals surface area contributed by atoms with Crippen LogP contribution in [0.5, 0.6) is 11.5 Å². The Morgan fingerprint density at radius 1 is 0.719 bits per heavy atom. The smallest absolute Gasteiger partial charge is 0.127 e. The maximum absolute atomic E-state index is 10.5. The van der Waals surface area contributed by atoms with Crippen molar-refractivity contribution in [1.29, 1.82) is 0 Å². The maximum atomic E-state index is 10.5. The molecule has 2 aromatic carbocycles. The number of aryl methyl sites for hydroxylation is 2. The molecule has 1 aliphatic rings. The van der Waals surface area contributed by atoms with Crippen LogP contribution in [0.25, 0.3) is 0 Å². The van der Waals surface area contributed by atoms with Crippen molar-refractivity contribution in [2.45, 2.75) is 91.1 Å². The molecule has 1 aliphatic carbocycles. The molecule has 2 N–H and O–H groups in total. The number of rotatable bonds is 6. The number of hydrogen-bond acceptors (Lipinski definition) is 4. The second-order valence-electron chi connectivity index (χ2n) is 9.84. The maximum Gasteiger partial charge on any atom is 0.127 e. The number of aromatic hydroxyl groups is 2. The zero-order chi connectivity index (χ0) is 23.4. The van der Waals surface area contributed by atoms with Crippen LogP contribution in [0, 0.1) is 13.8 Å². The van der Waals surface area contributed by atoms with Gasteiger partial charge in [0.2, 0.25) is 0 Å². The molecule has 0 saturated heterocycles. The van der Waals surface area contributed by atoms with E-state index in [1.165, 1.54) is 11.1 Å². The summed E-state index contributed by atoms with van der Waals surface area (Å²) < 4.78 is 0. The van der Waals surface area contributed by atoms with E-state index in [0.29, 0.717) is 23.3 Å². The van der Waals surface area contributed by atoms with Gasteiger partial charge >= 0.3 is 0 Å². The van der Waals surface area contributed by atoms with Crippen LogP contribution >= 0.6 is 0 Å². The van der Waals surface area contributed by atoms with Gasteiger partial charge in [-0.05, 0) is 72.9 Å². The first-order valence-electron chi connectivity index (χ1n) is 11.9. The van der Waals surface area contributed by atoms with Crippen LogP contribution in [0.1, 0.15) is 98.6 Å². The molecule has 0 aliphatic heterocycles. The molecule has 0 bridgehead atoms. The highest BCUT2D eigenvalue weighted by molar-refractivity contribution is 5.85. The lowest BCUT2D eigenvalue weighted by Gasteiger charge is -2.25. The molecule has 3 rings (SSSR count). The van der Waals surface area contributed by atoms with Gasteiger partial charge in [0.1, 0.15) is 11.5 Å². The Kier molecular flexibility index (Phi) is 7.76. The third-order valence-electron chi connectivity index (χ3n) is 6.54. The fourth-order valence-electron chi connectivity index (χ4n) is 4.33. The molecule has 2 aromatic rings. The Morgan fingerprint density at radius 2 is 1.09 bits per heavy atom. The predicted molar refractivity (Wildman–Crippen MR) is 135 cm³/mol. The van der Waals surface area contributed by atoms with Gasteiger partial charge in [0.15, 0.2) is 0 Å². The molecule has 32 heavy (non-hydrogen) atoms. The van der Waals surface area contributed by atoms with Gasteiger partial charge in [0.25, 0.3) is 0 Å². The Bertz CT molecular complexity index is 923. The van der Waals surface area contributed by atoms with Gasteiger partial charge in [-0.2, -0.15) is 0 Å². The second kappa shape index (κ2) is 10.3. The zero-order valence-corrected chi connectivity index (χ0v) is 20.4. The molecule has 0 radical (unpaired) electrons. The lowest BCUT2D eigenvalue weighted by Crippen LogP contribution is -2.27. The van der Waals surface area contributed by atoms with E-state index in [2.05, 4.69) is 27.7 Å². The quantitative estimate of drug-likeness (QED) is 0.490. The minimum absolute atomic E-state index is 0.0823. The third kappa shape index (κ3) is 5.59. The van der Waals surface area contributed by atoms with Crippen molar-refractivity contribution in [1.82, 2.24) is 0 Å². The van der Waals surface area contributed by atoms with Crippen molar-refractivity contribution in [2.24, 2.45) is 9.98 Å². The zero-order valence-electron chi connectivity index (χ0n) is 20.4. The summed E-state index contributed by atoms with van der Waals surface area (Å²) in [4.78, 5) is 9.75. The largest absolute Gasteiger partial charge is 0.507 e. The molecule has 4 heteroatoms. The van der Waals surface area contributed by atoms with Crippen molar-refractivity contribution < 1.29 is 10.2 Å². The van der Waals surface area contributed by atoms with Gasteiger partial charge in [-0.15, -0.1) is 0 Å². The van der Waals surface area contributed by atoms with E-state index < -0.39 is 0 Å². The van der Waals surface area contributed by atoms with Crippen molar-refractivity contribution in [3.8, 4) is 11.5 Å². The van der Waals surface area contributed by atoms with E-state index >= 15 is 0 Å². The van der Waals surface area contributed by atoms with Gasteiger partial charge in [0.05, 0.1) is 12.1 Å². The standard InChI is InChI=1S/C28H38N2O2/c1-17(2)21-11-19(5)27(31)23(13-21)15-29-25-9-7-8-10-26(25)30-16-24-14-22(18(3)4)12-20(6)28(24)32/h11-18,25-26,31-32H,7-10H2,1-6H3. The molecule has 0 aromatic heterocycles. The second-order valence-corrected chi connectivity index (χ2v) is 9.84. The summed E-state index contributed by atoms with van der Waals surface area (Å²) in [6.07, 6.45) is 7.90. The third-order valence-corrected chi connectivity index (χ3v) is 6.54. The van der Waals surface area contributed by atoms with Crippen LogP contribution in [0.3, 0.4) is 0 Å². The average molecular weight is 435 g/mol. The lowest BCUT2D eigenvalue weighted by atomic mass is 9.91. The van der Waals surface area contributed by atoms with E-state index in [9.17, 15) is 10.2 Å². The number of phenols is 2. The van der Waals surface area contributed by atoms with Crippen LogP contribution in [-0.2, 0) is 0 Å². The van der Waals surface area contributed by atoms with Crippen LogP contribution < -0.4 is 0 Å². The van der Waals surface area contributed by atoms with Crippen LogP contribution in [-0.4, -0.2) is 34.7 Å². The van der Waals surface area contributed by atoms with Crippen LogP contribution in [0.2, 0.25) is 0 Å². The highest BCUT2D eigenvalue weighted by atomic mass is 16.3. The van der Waals surface area contributed by atoms with Gasteiger partial charge in [-0.3, -0.25) is 9.98 Å². The number of benzene rings is 2. The SMILES string of the molecule is Cc1cc(C(C)C)cc(C=NC2CCCCC2N=Cc2cc(C(C)C)cc(C)c2O)c1O. The molecular weight excluding hydrogens is 396 g/mol. The van der Waals surface area contributed by atoms with Gasteiger partial charge in [-0.1, -0.05) is 52.7 Å². The normalized spacial score (nSPS) is 19.6. The predicted octanol–water partition coefficient (Wildman–Crippen LogP) is 6.81. The first kappa shape index (κ1) is 24.0. The molecule has 0 amide bonds. The number of hydrogen-bond donors (Lipinski definition) is 2. The Labute approximate surface area is 193 Å². The van der Waals surface area contributed by atoms with Crippen LogP contribution in [0.4, 0.5) is 0 Å². The molecule has 0 heterocycles. The molecule has 2 unspecified atom stereocenters. The van der Waals surface area contributed by atoms with Crippen LogP contribution in [0.15, 0.2) is 34.3 Å². The summed E-state index contributed by atoms with van der Waals surface area (Å²) in [6.45, 7) is 12.5. The highest BCUT2D eigenvalue weighted by Crippen LogP contribution is 2.30. The van der Waals surface area contributed by atoms with Gasteiger partial charge < -0.3 is 10.2 Å². The molecule has 4 nitrogen and oxygen atoms in total. The van der Waals surface area contributed by atoms with Crippen molar-refractivity contribution in [3.05, 3.63) is 57.6 Å². The monoisotopic (exact) mass is 434 g/mol. The molecule has 0 spiro atoms. The van der Waals surface area contributed by atoms with Gasteiger partial charge in [-0.25, -0.2) is 0 Å². The Hall–Kier alpha value is -2.62. The fraction of sp³-hybridized carbons (Fsp3) is 0.500. The van der Waals surface area contributed by atoms with E-state index in [0.717, 1.165) is 47.9 Å². The van der Waals surface area contributed by atoms with Crippen molar-refractivity contribution in [2.75, 3.05) is 0 Å². The highest BCUT2D eigenvalue weighted by Gasteiger charge is 2.23. The summed E-state index contributed by atoms with van der Waals surface area (Å²) in [5.41, 5.74) is 5.73. The summed E-state index contributed by atoms with van der Waals surface area (Å²) >= 11 is 0. The molecular formula is C28H38N2O2. The Balaban J connectivity index is 1.85. The first-order valence-corrected chi connectivity index (χ1v) is 11.9. The van der Waals surface area contributed by atoms with E-state index in [1.807, 2.05) is 50.5 Å². The fourth-order valence-corrected chi connectivity index (χ4v) is 4.33. The first-order chi connectivity index (χ1) is 15.2. The minimum atomic E-state index is 0.0823. The van der Waals surface area contributed by atoms with Crippen molar-refractivity contribution >= 4 is 12.4 Å². The molecule has 2 atom stereocenters. The Morgan fingerprint density at radius 3 is 1.44 bits per heavy atom. The summed E-state index contributed by atoms with van der Waals surface area (Å²) in [7, 11) is 0. The molecule has 172 valence electrons. The number of aliphatic imine (C=N–C) groups is 2. The summed E-state index contributed by atoms with van der Waals surface area (Å²) in [5.74, 6) is 1.40. The number of nitrogens with zero attached hydrogens (tertiary/aromatic N) is 2. The molecule has 1 fully saturated rings. The topological polar surface area (TPSA) is 65.2 Å². The van der Waals surface area contributed by atoms with E-state index in [-0.39, 0.29) is 12.1 Å².